The number of nitrogens with zero attached hydrogens (tertiary/aromatic N) is 2. The van der Waals surface area contributed by atoms with Gasteiger partial charge in [-0.05, 0) is 30.7 Å². The fraction of sp³-hybridized carbons (Fsp3) is 0.143. The Morgan fingerprint density at radius 2 is 2.24 bits per heavy atom. The predicted molar refractivity (Wildman–Crippen MR) is 83.5 cm³/mol. The molecule has 2 aromatic rings. The third kappa shape index (κ3) is 4.08. The second kappa shape index (κ2) is 7.47. The maximum absolute atomic E-state index is 11.1. The number of benzene rings is 1. The van der Waals surface area contributed by atoms with Gasteiger partial charge in [-0.25, -0.2) is 10.8 Å². The lowest BCUT2D eigenvalue weighted by Crippen LogP contribution is -2.27. The number of amides is 1. The maximum atomic E-state index is 11.1. The second-order valence-corrected chi connectivity index (χ2v) is 4.20. The van der Waals surface area contributed by atoms with Gasteiger partial charge in [-0.1, -0.05) is 6.07 Å². The molecular weight excluding hydrogens is 292 g/mol. The highest BCUT2D eigenvalue weighted by atomic mass is 35.5. The Balaban J connectivity index is 0.00000220. The van der Waals surface area contributed by atoms with E-state index in [0.717, 1.165) is 16.9 Å². The third-order valence-corrected chi connectivity index (χ3v) is 2.76. The number of aryl methyl sites for hydroxylation is 1. The highest BCUT2D eigenvalue weighted by Gasteiger charge is 2.06. The third-order valence-electron chi connectivity index (χ3n) is 2.76. The van der Waals surface area contributed by atoms with Gasteiger partial charge in [-0.3, -0.25) is 10.2 Å². The number of nitrogens with two attached hydrogens (primary N) is 1. The minimum atomic E-state index is -0.363. The van der Waals surface area contributed by atoms with Crippen LogP contribution >= 0.6 is 12.4 Å². The van der Waals surface area contributed by atoms with E-state index >= 15 is 0 Å². The topological polar surface area (TPSA) is 82.2 Å². The summed E-state index contributed by atoms with van der Waals surface area (Å²) < 4.78 is 7.26. The van der Waals surface area contributed by atoms with Gasteiger partial charge in [0.2, 0.25) is 0 Å². The summed E-state index contributed by atoms with van der Waals surface area (Å²) >= 11 is 0. The quantitative estimate of drug-likeness (QED) is 0.389. The van der Waals surface area contributed by atoms with E-state index in [-0.39, 0.29) is 18.3 Å². The molecule has 0 radical (unpaired) electrons. The van der Waals surface area contributed by atoms with Crippen molar-refractivity contribution >= 4 is 24.4 Å². The second-order valence-electron chi connectivity index (χ2n) is 4.20. The Labute approximate surface area is 129 Å². The standard InChI is InChI=1S/C14H16N4O2.ClH/c1-10-8-18(9-16-10)12-5-3-11(7-13(12)20-2)4-6-14(19)17-15;/h3-9H,15H2,1-2H3,(H,17,19);1H. The van der Waals surface area contributed by atoms with Crippen LogP contribution in [0.5, 0.6) is 5.75 Å². The lowest BCUT2D eigenvalue weighted by atomic mass is 10.1. The van der Waals surface area contributed by atoms with Crippen molar-refractivity contribution < 1.29 is 9.53 Å². The van der Waals surface area contributed by atoms with Gasteiger partial charge in [0, 0.05) is 12.3 Å². The number of imidazole rings is 1. The first kappa shape index (κ1) is 16.7. The lowest BCUT2D eigenvalue weighted by molar-refractivity contribution is -0.116. The van der Waals surface area contributed by atoms with E-state index in [2.05, 4.69) is 4.98 Å². The van der Waals surface area contributed by atoms with Crippen LogP contribution in [0.3, 0.4) is 0 Å². The number of rotatable bonds is 4. The molecule has 7 heteroatoms. The highest BCUT2D eigenvalue weighted by Crippen LogP contribution is 2.25. The number of carbonyl (C=O) groups is 1. The Hall–Kier alpha value is -2.31. The number of carbonyl (C=O) groups excluding carboxylic acids is 1. The summed E-state index contributed by atoms with van der Waals surface area (Å²) in [6.45, 7) is 1.92. The Morgan fingerprint density at radius 3 is 2.81 bits per heavy atom. The average Bonchev–Trinajstić information content (AvgIpc) is 2.90. The van der Waals surface area contributed by atoms with Gasteiger partial charge in [0.05, 0.1) is 24.8 Å². The first-order chi connectivity index (χ1) is 9.63. The fourth-order valence-electron chi connectivity index (χ4n) is 1.78. The van der Waals surface area contributed by atoms with E-state index in [1.54, 1.807) is 19.5 Å². The van der Waals surface area contributed by atoms with E-state index in [0.29, 0.717) is 5.75 Å². The zero-order valence-electron chi connectivity index (χ0n) is 11.7. The summed E-state index contributed by atoms with van der Waals surface area (Å²) in [7, 11) is 1.60. The normalized spacial score (nSPS) is 10.2. The van der Waals surface area contributed by atoms with Gasteiger partial charge in [-0.15, -0.1) is 12.4 Å². The highest BCUT2D eigenvalue weighted by molar-refractivity contribution is 5.91. The molecule has 0 atom stereocenters. The van der Waals surface area contributed by atoms with Gasteiger partial charge in [0.1, 0.15) is 5.75 Å². The zero-order chi connectivity index (χ0) is 14.5. The minimum Gasteiger partial charge on any atom is -0.495 e. The van der Waals surface area contributed by atoms with E-state index in [9.17, 15) is 4.79 Å². The number of hydrogen-bond acceptors (Lipinski definition) is 4. The summed E-state index contributed by atoms with van der Waals surface area (Å²) in [6.07, 6.45) is 6.66. The summed E-state index contributed by atoms with van der Waals surface area (Å²) in [4.78, 5) is 15.3. The first-order valence-corrected chi connectivity index (χ1v) is 6.01. The predicted octanol–water partition coefficient (Wildman–Crippen LogP) is 1.61. The molecule has 2 rings (SSSR count). The number of aromatic nitrogens is 2. The molecule has 1 aromatic heterocycles. The SMILES string of the molecule is COc1cc(C=CC(=O)NN)ccc1-n1cnc(C)c1.Cl. The number of hydrogen-bond donors (Lipinski definition) is 2. The largest absolute Gasteiger partial charge is 0.495 e. The van der Waals surface area contributed by atoms with E-state index in [1.165, 1.54) is 6.08 Å². The molecule has 0 unspecified atom stereocenters. The average molecular weight is 309 g/mol. The van der Waals surface area contributed by atoms with Crippen LogP contribution in [0.4, 0.5) is 0 Å². The summed E-state index contributed by atoms with van der Waals surface area (Å²) in [5, 5.41) is 0. The Bertz CT molecular complexity index is 652. The van der Waals surface area contributed by atoms with Crippen molar-refractivity contribution in [1.29, 1.82) is 0 Å². The summed E-state index contributed by atoms with van der Waals surface area (Å²) in [5.74, 6) is 5.34. The molecule has 1 aromatic carbocycles. The molecule has 0 aliphatic heterocycles. The number of nitrogens with one attached hydrogen (secondary N) is 1. The van der Waals surface area contributed by atoms with Gasteiger partial charge >= 0.3 is 0 Å². The molecule has 0 aliphatic rings. The number of ether oxygens (including phenoxy) is 1. The molecule has 6 nitrogen and oxygen atoms in total. The van der Waals surface area contributed by atoms with E-state index < -0.39 is 0 Å². The monoisotopic (exact) mass is 308 g/mol. The molecule has 3 N–H and O–H groups in total. The van der Waals surface area contributed by atoms with Crippen molar-refractivity contribution in [2.24, 2.45) is 5.84 Å². The van der Waals surface area contributed by atoms with Crippen molar-refractivity contribution in [2.75, 3.05) is 7.11 Å². The maximum Gasteiger partial charge on any atom is 0.257 e. The smallest absolute Gasteiger partial charge is 0.257 e. The van der Waals surface area contributed by atoms with Crippen LogP contribution in [-0.2, 0) is 4.79 Å². The van der Waals surface area contributed by atoms with Crippen LogP contribution in [0.1, 0.15) is 11.3 Å². The van der Waals surface area contributed by atoms with Gasteiger partial charge in [0.25, 0.3) is 5.91 Å². The summed E-state index contributed by atoms with van der Waals surface area (Å²) in [5.41, 5.74) is 4.68. The first-order valence-electron chi connectivity index (χ1n) is 6.01. The van der Waals surface area contributed by atoms with Crippen LogP contribution in [0.15, 0.2) is 36.8 Å². The van der Waals surface area contributed by atoms with Crippen LogP contribution in [-0.4, -0.2) is 22.6 Å². The number of halogens is 1. The van der Waals surface area contributed by atoms with Crippen LogP contribution in [0, 0.1) is 6.92 Å². The van der Waals surface area contributed by atoms with Gasteiger partial charge in [-0.2, -0.15) is 0 Å². The molecular formula is C14H17ClN4O2. The molecule has 21 heavy (non-hydrogen) atoms. The van der Waals surface area contributed by atoms with Crippen molar-refractivity contribution in [3.63, 3.8) is 0 Å². The molecule has 0 spiro atoms. The molecule has 0 fully saturated rings. The number of hydrazine groups is 1. The van der Waals surface area contributed by atoms with E-state index in [4.69, 9.17) is 10.6 Å². The Morgan fingerprint density at radius 1 is 1.48 bits per heavy atom. The number of methoxy groups -OCH3 is 1. The molecule has 112 valence electrons. The van der Waals surface area contributed by atoms with Crippen LogP contribution in [0.2, 0.25) is 0 Å². The molecule has 0 saturated heterocycles. The fourth-order valence-corrected chi connectivity index (χ4v) is 1.78. The van der Waals surface area contributed by atoms with Crippen molar-refractivity contribution in [1.82, 2.24) is 15.0 Å². The van der Waals surface area contributed by atoms with E-state index in [1.807, 2.05) is 41.3 Å². The van der Waals surface area contributed by atoms with Crippen molar-refractivity contribution in [3.8, 4) is 11.4 Å². The Kier molecular flexibility index (Phi) is 5.95. The van der Waals surface area contributed by atoms with Crippen LogP contribution in [0.25, 0.3) is 11.8 Å². The molecule has 0 bridgehead atoms. The molecule has 1 heterocycles. The van der Waals surface area contributed by atoms with Crippen molar-refractivity contribution in [3.05, 3.63) is 48.1 Å². The minimum absolute atomic E-state index is 0. The molecule has 1 amide bonds. The lowest BCUT2D eigenvalue weighted by Gasteiger charge is -2.09. The van der Waals surface area contributed by atoms with Crippen LogP contribution < -0.4 is 16.0 Å². The summed E-state index contributed by atoms with van der Waals surface area (Å²) in [6, 6.07) is 5.62. The zero-order valence-corrected chi connectivity index (χ0v) is 12.6. The molecule has 0 aliphatic carbocycles. The molecule has 0 saturated carbocycles. The van der Waals surface area contributed by atoms with Gasteiger partial charge in [0.15, 0.2) is 0 Å². The van der Waals surface area contributed by atoms with Crippen molar-refractivity contribution in [2.45, 2.75) is 6.92 Å². The van der Waals surface area contributed by atoms with Gasteiger partial charge < -0.3 is 9.30 Å².